The van der Waals surface area contributed by atoms with Crippen LogP contribution in [0.25, 0.3) is 0 Å². The lowest BCUT2D eigenvalue weighted by atomic mass is 10.2. The molecule has 0 aliphatic carbocycles. The van der Waals surface area contributed by atoms with E-state index in [2.05, 4.69) is 10.3 Å². The molecule has 21 heavy (non-hydrogen) atoms. The molecule has 2 aromatic heterocycles. The Morgan fingerprint density at radius 2 is 2.05 bits per heavy atom. The van der Waals surface area contributed by atoms with Crippen molar-refractivity contribution < 1.29 is 18.0 Å². The van der Waals surface area contributed by atoms with E-state index in [0.29, 0.717) is 10.4 Å². The molecule has 2 heterocycles. The minimum absolute atomic E-state index is 0.106. The maximum atomic E-state index is 12.6. The van der Waals surface area contributed by atoms with Gasteiger partial charge in [0.2, 0.25) is 0 Å². The van der Waals surface area contributed by atoms with Gasteiger partial charge in [0.05, 0.1) is 16.4 Å². The van der Waals surface area contributed by atoms with Crippen molar-refractivity contribution in [1.82, 2.24) is 4.98 Å². The molecule has 0 saturated carbocycles. The van der Waals surface area contributed by atoms with Crippen LogP contribution in [-0.2, 0) is 12.7 Å². The number of hydrogen-bond acceptors (Lipinski definition) is 4. The first kappa shape index (κ1) is 15.6. The topological polar surface area (TPSA) is 68.0 Å². The molecule has 0 bridgehead atoms. The monoisotopic (exact) mass is 335 g/mol. The molecule has 0 aliphatic rings. The highest BCUT2D eigenvalue weighted by atomic mass is 35.5. The van der Waals surface area contributed by atoms with Gasteiger partial charge in [-0.2, -0.15) is 13.2 Å². The fraction of sp³-hybridized carbons (Fsp3) is 0.167. The van der Waals surface area contributed by atoms with Crippen LogP contribution in [0.4, 0.5) is 19.0 Å². The van der Waals surface area contributed by atoms with Crippen LogP contribution < -0.4 is 11.1 Å². The van der Waals surface area contributed by atoms with Gasteiger partial charge in [0, 0.05) is 4.88 Å². The highest BCUT2D eigenvalue weighted by Crippen LogP contribution is 2.30. The molecule has 0 unspecified atom stereocenters. The largest absolute Gasteiger partial charge is 0.433 e. The van der Waals surface area contributed by atoms with E-state index in [1.807, 2.05) is 0 Å². The molecule has 0 spiro atoms. The van der Waals surface area contributed by atoms with Crippen molar-refractivity contribution in [2.75, 3.05) is 5.32 Å². The maximum absolute atomic E-state index is 12.6. The number of anilines is 1. The third-order valence-corrected chi connectivity index (χ3v) is 3.74. The number of alkyl halides is 3. The van der Waals surface area contributed by atoms with Gasteiger partial charge in [-0.25, -0.2) is 4.98 Å². The lowest BCUT2D eigenvalue weighted by Crippen LogP contribution is -2.18. The normalized spacial score (nSPS) is 11.4. The van der Waals surface area contributed by atoms with Crippen molar-refractivity contribution in [3.05, 3.63) is 44.7 Å². The quantitative estimate of drug-likeness (QED) is 0.898. The summed E-state index contributed by atoms with van der Waals surface area (Å²) >= 11 is 7.03. The van der Waals surface area contributed by atoms with E-state index in [1.54, 1.807) is 12.1 Å². The number of rotatable bonds is 4. The summed E-state index contributed by atoms with van der Waals surface area (Å²) in [6.07, 6.45) is -4.60. The number of nitrogens with one attached hydrogen (secondary N) is 1. The van der Waals surface area contributed by atoms with Crippen LogP contribution in [0.3, 0.4) is 0 Å². The van der Waals surface area contributed by atoms with E-state index in [1.165, 1.54) is 11.3 Å². The summed E-state index contributed by atoms with van der Waals surface area (Å²) in [6, 6.07) is 5.10. The third-order valence-electron chi connectivity index (χ3n) is 2.51. The van der Waals surface area contributed by atoms with Crippen LogP contribution >= 0.6 is 22.9 Å². The number of carbonyl (C=O) groups is 1. The average molecular weight is 336 g/mol. The summed E-state index contributed by atoms with van der Waals surface area (Å²) in [5, 5.41) is 2.68. The van der Waals surface area contributed by atoms with Crippen LogP contribution in [0, 0.1) is 0 Å². The first-order chi connectivity index (χ1) is 9.77. The molecule has 1 amide bonds. The van der Waals surface area contributed by atoms with E-state index in [9.17, 15) is 18.0 Å². The molecule has 3 N–H and O–H groups in total. The van der Waals surface area contributed by atoms with E-state index in [-0.39, 0.29) is 17.9 Å². The average Bonchev–Trinajstić information content (AvgIpc) is 2.80. The number of hydrogen-bond donors (Lipinski definition) is 2. The molecule has 2 aromatic rings. The number of nitrogens with zero attached hydrogens (tertiary/aromatic N) is 1. The number of pyridine rings is 1. The van der Waals surface area contributed by atoms with Gasteiger partial charge >= 0.3 is 6.18 Å². The predicted octanol–water partition coefficient (Wildman–Crippen LogP) is 3.53. The number of carbonyl (C=O) groups excluding carboxylic acids is 1. The zero-order valence-corrected chi connectivity index (χ0v) is 11.9. The zero-order valence-electron chi connectivity index (χ0n) is 10.4. The Morgan fingerprint density at radius 1 is 1.33 bits per heavy atom. The Bertz CT molecular complexity index is 672. The van der Waals surface area contributed by atoms with Crippen molar-refractivity contribution in [2.45, 2.75) is 12.7 Å². The summed E-state index contributed by atoms with van der Waals surface area (Å²) in [5.41, 5.74) is 3.92. The van der Waals surface area contributed by atoms with Crippen molar-refractivity contribution in [3.63, 3.8) is 0 Å². The zero-order chi connectivity index (χ0) is 15.6. The summed E-state index contributed by atoms with van der Waals surface area (Å²) in [6.45, 7) is 0.186. The van der Waals surface area contributed by atoms with Gasteiger partial charge in [-0.05, 0) is 24.3 Å². The number of primary amides is 1. The summed E-state index contributed by atoms with van der Waals surface area (Å²) in [5.74, 6) is -1.07. The van der Waals surface area contributed by atoms with Gasteiger partial charge in [0.1, 0.15) is 11.5 Å². The first-order valence-electron chi connectivity index (χ1n) is 5.63. The molecule has 0 aromatic carbocycles. The Labute approximate surface area is 126 Å². The van der Waals surface area contributed by atoms with E-state index in [0.717, 1.165) is 10.9 Å². The lowest BCUT2D eigenvalue weighted by molar-refractivity contribution is -0.141. The minimum Gasteiger partial charge on any atom is -0.365 e. The molecule has 0 radical (unpaired) electrons. The van der Waals surface area contributed by atoms with Crippen molar-refractivity contribution >= 4 is 34.7 Å². The van der Waals surface area contributed by atoms with Crippen molar-refractivity contribution in [1.29, 1.82) is 0 Å². The number of halogens is 4. The molecule has 0 aliphatic heterocycles. The van der Waals surface area contributed by atoms with Crippen molar-refractivity contribution in [2.24, 2.45) is 5.73 Å². The van der Waals surface area contributed by atoms with Gasteiger partial charge in [0.15, 0.2) is 0 Å². The second-order valence-electron chi connectivity index (χ2n) is 4.01. The van der Waals surface area contributed by atoms with E-state index >= 15 is 0 Å². The molecule has 9 heteroatoms. The fourth-order valence-electron chi connectivity index (χ4n) is 1.57. The SMILES string of the molecule is NC(=O)c1ccc(C(F)(F)F)nc1NCc1ccc(Cl)s1. The van der Waals surface area contributed by atoms with Crippen LogP contribution in [-0.4, -0.2) is 10.9 Å². The van der Waals surface area contributed by atoms with Gasteiger partial charge < -0.3 is 11.1 Å². The Kier molecular flexibility index (Phi) is 4.38. The minimum atomic E-state index is -4.60. The molecular formula is C12H9ClF3N3OS. The maximum Gasteiger partial charge on any atom is 0.433 e. The second-order valence-corrected chi connectivity index (χ2v) is 5.81. The summed E-state index contributed by atoms with van der Waals surface area (Å²) < 4.78 is 38.5. The molecule has 0 atom stereocenters. The number of amides is 1. The van der Waals surface area contributed by atoms with Crippen LogP contribution in [0.2, 0.25) is 4.34 Å². The van der Waals surface area contributed by atoms with Crippen LogP contribution in [0.1, 0.15) is 20.9 Å². The van der Waals surface area contributed by atoms with E-state index in [4.69, 9.17) is 17.3 Å². The van der Waals surface area contributed by atoms with Gasteiger partial charge in [0.25, 0.3) is 5.91 Å². The Hall–Kier alpha value is -1.80. The highest BCUT2D eigenvalue weighted by molar-refractivity contribution is 7.16. The molecule has 0 fully saturated rings. The van der Waals surface area contributed by atoms with Crippen molar-refractivity contribution in [3.8, 4) is 0 Å². The standard InChI is InChI=1S/C12H9ClF3N3OS/c13-9-4-1-6(21-9)5-18-11-7(10(17)20)2-3-8(19-11)12(14,15)16/h1-4H,5H2,(H2,17,20)(H,18,19). The molecule has 2 rings (SSSR count). The first-order valence-corrected chi connectivity index (χ1v) is 6.83. The second kappa shape index (κ2) is 5.90. The molecule has 4 nitrogen and oxygen atoms in total. The molecular weight excluding hydrogens is 327 g/mol. The van der Waals surface area contributed by atoms with Crippen LogP contribution in [0.15, 0.2) is 24.3 Å². The Morgan fingerprint density at radius 3 is 2.57 bits per heavy atom. The van der Waals surface area contributed by atoms with Gasteiger partial charge in [-0.3, -0.25) is 4.79 Å². The summed E-state index contributed by atoms with van der Waals surface area (Å²) in [4.78, 5) is 15.4. The predicted molar refractivity (Wildman–Crippen MR) is 74.4 cm³/mol. The number of aromatic nitrogens is 1. The number of thiophene rings is 1. The van der Waals surface area contributed by atoms with Crippen LogP contribution in [0.5, 0.6) is 0 Å². The molecule has 112 valence electrons. The summed E-state index contributed by atoms with van der Waals surface area (Å²) in [7, 11) is 0. The lowest BCUT2D eigenvalue weighted by Gasteiger charge is -2.12. The van der Waals surface area contributed by atoms with E-state index < -0.39 is 17.8 Å². The fourth-order valence-corrected chi connectivity index (χ4v) is 2.60. The molecule has 0 saturated heterocycles. The third kappa shape index (κ3) is 3.85. The Balaban J connectivity index is 2.28. The van der Waals surface area contributed by atoms with Gasteiger partial charge in [-0.15, -0.1) is 11.3 Å². The smallest absolute Gasteiger partial charge is 0.365 e. The van der Waals surface area contributed by atoms with Gasteiger partial charge in [-0.1, -0.05) is 11.6 Å². The number of nitrogens with two attached hydrogens (primary N) is 1. The highest BCUT2D eigenvalue weighted by Gasteiger charge is 2.33.